The lowest BCUT2D eigenvalue weighted by atomic mass is 10.1. The van der Waals surface area contributed by atoms with Gasteiger partial charge in [0.15, 0.2) is 0 Å². The Morgan fingerprint density at radius 2 is 1.74 bits per heavy atom. The molecule has 2 nitrogen and oxygen atoms in total. The molecule has 0 atom stereocenters. The summed E-state index contributed by atoms with van der Waals surface area (Å²) in [4.78, 5) is 11.2. The molecule has 5 heteroatoms. The lowest BCUT2D eigenvalue weighted by Gasteiger charge is -2.03. The summed E-state index contributed by atoms with van der Waals surface area (Å²) in [6, 6.07) is 12.2. The lowest BCUT2D eigenvalue weighted by molar-refractivity contribution is -0.129. The van der Waals surface area contributed by atoms with E-state index in [4.69, 9.17) is 4.74 Å². The molecule has 0 saturated carbocycles. The third-order valence-electron chi connectivity index (χ3n) is 2.35. The largest absolute Gasteiger partial charge is 0.423 e. The van der Waals surface area contributed by atoms with Gasteiger partial charge in [0.2, 0.25) is 0 Å². The van der Waals surface area contributed by atoms with Crippen LogP contribution in [0.1, 0.15) is 0 Å². The Bertz CT molecular complexity index is 630. The normalized spacial score (nSPS) is 11.9. The predicted octanol–water partition coefficient (Wildman–Crippen LogP) is 3.86. The smallest absolute Gasteiger partial charge is 0.410 e. The average Bonchev–Trinajstić information content (AvgIpc) is 2.35. The van der Waals surface area contributed by atoms with E-state index in [-0.39, 0.29) is 11.8 Å². The molecule has 0 aliphatic carbocycles. The van der Waals surface area contributed by atoms with E-state index in [0.29, 0.717) is 6.08 Å². The zero-order valence-corrected chi connectivity index (χ0v) is 9.65. The van der Waals surface area contributed by atoms with Crippen LogP contribution in [-0.4, -0.2) is 12.1 Å². The van der Waals surface area contributed by atoms with Crippen LogP contribution in [-0.2, 0) is 4.79 Å². The molecule has 98 valence electrons. The summed E-state index contributed by atoms with van der Waals surface area (Å²) in [6.07, 6.45) is -4.33. The molecule has 2 aromatic rings. The highest BCUT2D eigenvalue weighted by Crippen LogP contribution is 2.21. The van der Waals surface area contributed by atoms with Crippen molar-refractivity contribution in [2.45, 2.75) is 6.18 Å². The fraction of sp³-hybridized carbons (Fsp3) is 0.0714. The van der Waals surface area contributed by atoms with Crippen LogP contribution in [0.2, 0.25) is 0 Å². The van der Waals surface area contributed by atoms with E-state index in [2.05, 4.69) is 0 Å². The number of carbonyl (C=O) groups excluding carboxylic acids is 1. The van der Waals surface area contributed by atoms with Gasteiger partial charge in [-0.05, 0) is 22.9 Å². The first-order valence-electron chi connectivity index (χ1n) is 5.41. The first kappa shape index (κ1) is 13.1. The number of carbonyl (C=O) groups is 1. The Morgan fingerprint density at radius 1 is 1.05 bits per heavy atom. The third-order valence-corrected chi connectivity index (χ3v) is 2.35. The van der Waals surface area contributed by atoms with Gasteiger partial charge in [-0.1, -0.05) is 30.3 Å². The maximum atomic E-state index is 11.9. The molecule has 0 aromatic heterocycles. The lowest BCUT2D eigenvalue weighted by Crippen LogP contribution is -2.07. The van der Waals surface area contributed by atoms with Crippen molar-refractivity contribution in [3.05, 3.63) is 54.6 Å². The number of halogens is 3. The van der Waals surface area contributed by atoms with Gasteiger partial charge in [-0.15, -0.1) is 0 Å². The van der Waals surface area contributed by atoms with E-state index >= 15 is 0 Å². The number of ether oxygens (including phenoxy) is 1. The second-order valence-corrected chi connectivity index (χ2v) is 3.81. The van der Waals surface area contributed by atoms with Crippen LogP contribution in [0.3, 0.4) is 0 Å². The van der Waals surface area contributed by atoms with E-state index < -0.39 is 12.1 Å². The maximum Gasteiger partial charge on any atom is 0.410 e. The van der Waals surface area contributed by atoms with Crippen LogP contribution in [0, 0.1) is 0 Å². The van der Waals surface area contributed by atoms with Crippen molar-refractivity contribution in [1.29, 1.82) is 0 Å². The fourth-order valence-corrected chi connectivity index (χ4v) is 1.54. The van der Waals surface area contributed by atoms with Crippen LogP contribution in [0.4, 0.5) is 13.2 Å². The first-order chi connectivity index (χ1) is 8.94. The third kappa shape index (κ3) is 3.84. The summed E-state index contributed by atoms with van der Waals surface area (Å²) >= 11 is 0. The van der Waals surface area contributed by atoms with Crippen LogP contribution in [0.25, 0.3) is 10.8 Å². The van der Waals surface area contributed by atoms with Crippen molar-refractivity contribution in [3.63, 3.8) is 0 Å². The molecule has 0 fully saturated rings. The number of fused-ring (bicyclic) bond motifs is 1. The monoisotopic (exact) mass is 266 g/mol. The Labute approximate surface area is 107 Å². The zero-order chi connectivity index (χ0) is 13.9. The Hall–Kier alpha value is -2.30. The second-order valence-electron chi connectivity index (χ2n) is 3.81. The van der Waals surface area contributed by atoms with Crippen LogP contribution in [0.15, 0.2) is 54.6 Å². The number of alkyl halides is 3. The number of allylic oxidation sites excluding steroid dienone is 1. The Kier molecular flexibility index (Phi) is 3.55. The number of hydrogen-bond donors (Lipinski definition) is 0. The van der Waals surface area contributed by atoms with Gasteiger partial charge in [0.05, 0.1) is 0 Å². The highest BCUT2D eigenvalue weighted by atomic mass is 19.4. The minimum atomic E-state index is -4.53. The summed E-state index contributed by atoms with van der Waals surface area (Å²) in [5, 5.41) is 1.79. The molecule has 2 rings (SSSR count). The van der Waals surface area contributed by atoms with E-state index in [0.717, 1.165) is 10.8 Å². The molecule has 0 unspecified atom stereocenters. The number of benzene rings is 2. The van der Waals surface area contributed by atoms with Gasteiger partial charge in [-0.25, -0.2) is 4.79 Å². The summed E-state index contributed by atoms with van der Waals surface area (Å²) in [5.74, 6) is -0.858. The minimum absolute atomic E-state index is 0.156. The quantitative estimate of drug-likeness (QED) is 0.468. The molecule has 19 heavy (non-hydrogen) atoms. The van der Waals surface area contributed by atoms with Crippen molar-refractivity contribution >= 4 is 16.7 Å². The van der Waals surface area contributed by atoms with Gasteiger partial charge >= 0.3 is 12.1 Å². The maximum absolute atomic E-state index is 11.9. The average molecular weight is 266 g/mol. The van der Waals surface area contributed by atoms with Crippen LogP contribution >= 0.6 is 0 Å². The Morgan fingerprint density at radius 3 is 2.42 bits per heavy atom. The van der Waals surface area contributed by atoms with Crippen molar-refractivity contribution in [1.82, 2.24) is 0 Å². The number of rotatable bonds is 2. The van der Waals surface area contributed by atoms with Crippen molar-refractivity contribution in [2.24, 2.45) is 0 Å². The molecule has 0 amide bonds. The molecule has 0 aliphatic heterocycles. The summed E-state index contributed by atoms with van der Waals surface area (Å²) in [7, 11) is 0. The molecule has 2 aromatic carbocycles. The predicted molar refractivity (Wildman–Crippen MR) is 64.8 cm³/mol. The Balaban J connectivity index is 2.13. The van der Waals surface area contributed by atoms with Crippen molar-refractivity contribution < 1.29 is 22.7 Å². The molecule has 0 N–H and O–H groups in total. The molecule has 0 aliphatic rings. The SMILES string of the molecule is O=C(C=CC(F)(F)F)Oc1ccc2ccccc2c1. The molecule has 0 radical (unpaired) electrons. The first-order valence-corrected chi connectivity index (χ1v) is 5.41. The topological polar surface area (TPSA) is 26.3 Å². The standard InChI is InChI=1S/C14H9F3O2/c15-14(16,17)8-7-13(18)19-12-6-5-10-3-1-2-4-11(10)9-12/h1-9H. The van der Waals surface area contributed by atoms with Gasteiger partial charge < -0.3 is 4.74 Å². The van der Waals surface area contributed by atoms with Gasteiger partial charge in [0, 0.05) is 12.2 Å². The summed E-state index contributed by atoms with van der Waals surface area (Å²) in [6.45, 7) is 0. The number of esters is 1. The summed E-state index contributed by atoms with van der Waals surface area (Å²) < 4.78 is 40.4. The molecule has 0 saturated heterocycles. The van der Waals surface area contributed by atoms with Crippen LogP contribution in [0.5, 0.6) is 5.75 Å². The van der Waals surface area contributed by atoms with E-state index in [1.54, 1.807) is 12.1 Å². The van der Waals surface area contributed by atoms with Crippen molar-refractivity contribution in [3.8, 4) is 5.75 Å². The second kappa shape index (κ2) is 5.14. The zero-order valence-electron chi connectivity index (χ0n) is 9.65. The molecular formula is C14H9F3O2. The van der Waals surface area contributed by atoms with Crippen molar-refractivity contribution in [2.75, 3.05) is 0 Å². The molecule has 0 bridgehead atoms. The van der Waals surface area contributed by atoms with E-state index in [1.807, 2.05) is 24.3 Å². The van der Waals surface area contributed by atoms with Gasteiger partial charge in [0.25, 0.3) is 0 Å². The van der Waals surface area contributed by atoms with Gasteiger partial charge in [0.1, 0.15) is 5.75 Å². The van der Waals surface area contributed by atoms with Crippen LogP contribution < -0.4 is 4.74 Å². The summed E-state index contributed by atoms with van der Waals surface area (Å²) in [5.41, 5.74) is 0. The molecule has 0 spiro atoms. The van der Waals surface area contributed by atoms with E-state index in [1.165, 1.54) is 6.07 Å². The fourth-order valence-electron chi connectivity index (χ4n) is 1.54. The number of hydrogen-bond acceptors (Lipinski definition) is 2. The highest BCUT2D eigenvalue weighted by Gasteiger charge is 2.22. The molecular weight excluding hydrogens is 257 g/mol. The van der Waals surface area contributed by atoms with Gasteiger partial charge in [-0.2, -0.15) is 13.2 Å². The minimum Gasteiger partial charge on any atom is -0.423 e. The highest BCUT2D eigenvalue weighted by molar-refractivity contribution is 5.87. The molecule has 0 heterocycles. The van der Waals surface area contributed by atoms with Gasteiger partial charge in [-0.3, -0.25) is 0 Å². The van der Waals surface area contributed by atoms with E-state index in [9.17, 15) is 18.0 Å².